The minimum atomic E-state index is 0.184. The first-order valence-electron chi connectivity index (χ1n) is 9.72. The van der Waals surface area contributed by atoms with Crippen molar-refractivity contribution >= 4 is 0 Å². The van der Waals surface area contributed by atoms with Gasteiger partial charge in [0.2, 0.25) is 0 Å². The summed E-state index contributed by atoms with van der Waals surface area (Å²) in [6, 6.07) is 8.13. The summed E-state index contributed by atoms with van der Waals surface area (Å²) in [5, 5.41) is 21.7. The maximum absolute atomic E-state index is 9.15. The van der Waals surface area contributed by atoms with Gasteiger partial charge in [-0.15, -0.1) is 0 Å². The van der Waals surface area contributed by atoms with Crippen LogP contribution in [0.2, 0.25) is 0 Å². The van der Waals surface area contributed by atoms with E-state index in [1.807, 2.05) is 30.2 Å². The van der Waals surface area contributed by atoms with Crippen molar-refractivity contribution in [3.8, 4) is 12.1 Å². The van der Waals surface area contributed by atoms with Gasteiger partial charge in [0.25, 0.3) is 0 Å². The molecule has 3 rings (SSSR count). The molecular weight excluding hydrogens is 340 g/mol. The van der Waals surface area contributed by atoms with Gasteiger partial charge in [-0.2, -0.15) is 10.5 Å². The highest BCUT2D eigenvalue weighted by Crippen LogP contribution is 2.19. The van der Waals surface area contributed by atoms with Gasteiger partial charge in [-0.1, -0.05) is 6.42 Å². The topological polar surface area (TPSA) is 82.5 Å². The first-order valence-corrected chi connectivity index (χ1v) is 9.72. The fraction of sp³-hybridized carbons (Fsp3) is 0.600. The number of furan rings is 1. The number of nitrogens with zero attached hydrogens (tertiary/aromatic N) is 5. The smallest absolute Gasteiger partial charge is 0.169 e. The Kier molecular flexibility index (Phi) is 6.75. The minimum absolute atomic E-state index is 0.184. The van der Waals surface area contributed by atoms with E-state index in [2.05, 4.69) is 21.2 Å². The highest BCUT2D eigenvalue weighted by Gasteiger charge is 2.25. The standard InChI is InChI=1S/C20H28N6O/c1-24-11-12-26(20(24)17(13-21)14-22)10-7-23-15-18-5-6-19(27-18)16-25-8-3-2-4-9-25/h5-6,23H,2-4,7-12,15-16H2,1H3. The molecule has 7 nitrogen and oxygen atoms in total. The highest BCUT2D eigenvalue weighted by atomic mass is 16.3. The van der Waals surface area contributed by atoms with Crippen molar-refractivity contribution in [2.75, 3.05) is 46.3 Å². The summed E-state index contributed by atoms with van der Waals surface area (Å²) in [5.74, 6) is 2.72. The molecule has 0 bridgehead atoms. The molecule has 3 heterocycles. The number of nitrogens with one attached hydrogen (secondary N) is 1. The van der Waals surface area contributed by atoms with Crippen molar-refractivity contribution in [3.05, 3.63) is 35.0 Å². The molecule has 2 aliphatic heterocycles. The minimum Gasteiger partial charge on any atom is -0.463 e. The Morgan fingerprint density at radius 2 is 1.81 bits per heavy atom. The zero-order chi connectivity index (χ0) is 19.1. The van der Waals surface area contributed by atoms with Crippen LogP contribution in [0.5, 0.6) is 0 Å². The van der Waals surface area contributed by atoms with Crippen molar-refractivity contribution in [3.63, 3.8) is 0 Å². The second-order valence-electron chi connectivity index (χ2n) is 7.21. The summed E-state index contributed by atoms with van der Waals surface area (Å²) >= 11 is 0. The maximum Gasteiger partial charge on any atom is 0.169 e. The van der Waals surface area contributed by atoms with E-state index in [-0.39, 0.29) is 5.57 Å². The molecule has 1 aromatic heterocycles. The monoisotopic (exact) mass is 368 g/mol. The van der Waals surface area contributed by atoms with E-state index >= 15 is 0 Å². The van der Waals surface area contributed by atoms with Gasteiger partial charge in [0, 0.05) is 33.2 Å². The number of piperidine rings is 1. The van der Waals surface area contributed by atoms with Crippen molar-refractivity contribution in [1.82, 2.24) is 20.0 Å². The Bertz CT molecular complexity index is 718. The molecule has 2 saturated heterocycles. The third kappa shape index (κ3) is 5.03. The fourth-order valence-electron chi connectivity index (χ4n) is 3.78. The molecule has 0 radical (unpaired) electrons. The Morgan fingerprint density at radius 3 is 2.56 bits per heavy atom. The molecule has 2 fully saturated rings. The van der Waals surface area contributed by atoms with Crippen LogP contribution in [-0.2, 0) is 13.1 Å². The number of nitriles is 2. The van der Waals surface area contributed by atoms with Gasteiger partial charge in [0.1, 0.15) is 29.5 Å². The summed E-state index contributed by atoms with van der Waals surface area (Å²) in [5.41, 5.74) is 0.184. The van der Waals surface area contributed by atoms with Crippen LogP contribution in [0.15, 0.2) is 27.9 Å². The molecule has 0 atom stereocenters. The van der Waals surface area contributed by atoms with Crippen molar-refractivity contribution in [1.29, 1.82) is 10.5 Å². The third-order valence-electron chi connectivity index (χ3n) is 5.22. The number of likely N-dealkylation sites (N-methyl/N-ethyl adjacent to an activating group) is 1. The zero-order valence-electron chi connectivity index (χ0n) is 16.1. The lowest BCUT2D eigenvalue weighted by atomic mass is 10.1. The Labute approximate surface area is 161 Å². The number of hydrogen-bond donors (Lipinski definition) is 1. The number of hydrogen-bond acceptors (Lipinski definition) is 7. The molecule has 7 heteroatoms. The lowest BCUT2D eigenvalue weighted by Crippen LogP contribution is -2.30. The van der Waals surface area contributed by atoms with Crippen LogP contribution in [-0.4, -0.2) is 61.0 Å². The lowest BCUT2D eigenvalue weighted by Gasteiger charge is -2.25. The Hall–Kier alpha value is -2.48. The van der Waals surface area contributed by atoms with E-state index < -0.39 is 0 Å². The van der Waals surface area contributed by atoms with Crippen LogP contribution in [0.3, 0.4) is 0 Å². The van der Waals surface area contributed by atoms with E-state index in [1.54, 1.807) is 0 Å². The number of rotatable bonds is 7. The third-order valence-corrected chi connectivity index (χ3v) is 5.22. The summed E-state index contributed by atoms with van der Waals surface area (Å²) in [7, 11) is 1.92. The van der Waals surface area contributed by atoms with Gasteiger partial charge in [-0.05, 0) is 38.1 Å². The van der Waals surface area contributed by atoms with E-state index in [0.29, 0.717) is 6.54 Å². The average molecular weight is 368 g/mol. The first-order chi connectivity index (χ1) is 13.2. The Balaban J connectivity index is 1.43. The van der Waals surface area contributed by atoms with Gasteiger partial charge < -0.3 is 19.5 Å². The number of likely N-dealkylation sites (tertiary alicyclic amines) is 1. The molecule has 2 aliphatic rings. The van der Waals surface area contributed by atoms with Crippen LogP contribution < -0.4 is 5.32 Å². The SMILES string of the molecule is CN1CCN(CCNCc2ccc(CN3CCCCC3)o2)C1=C(C#N)C#N. The van der Waals surface area contributed by atoms with Crippen LogP contribution in [0.1, 0.15) is 30.8 Å². The molecule has 0 spiro atoms. The van der Waals surface area contributed by atoms with Gasteiger partial charge in [-0.25, -0.2) is 0 Å². The second kappa shape index (κ2) is 9.45. The van der Waals surface area contributed by atoms with Crippen LogP contribution in [0, 0.1) is 22.7 Å². The van der Waals surface area contributed by atoms with Crippen LogP contribution in [0.4, 0.5) is 0 Å². The van der Waals surface area contributed by atoms with E-state index in [1.165, 1.54) is 32.4 Å². The molecule has 27 heavy (non-hydrogen) atoms. The summed E-state index contributed by atoms with van der Waals surface area (Å²) in [4.78, 5) is 6.53. The van der Waals surface area contributed by atoms with E-state index in [9.17, 15) is 0 Å². The van der Waals surface area contributed by atoms with E-state index in [4.69, 9.17) is 14.9 Å². The predicted molar refractivity (Wildman–Crippen MR) is 102 cm³/mol. The fourth-order valence-corrected chi connectivity index (χ4v) is 3.78. The highest BCUT2D eigenvalue weighted by molar-refractivity contribution is 5.40. The quantitative estimate of drug-likeness (QED) is 0.581. The van der Waals surface area contributed by atoms with Gasteiger partial charge in [-0.3, -0.25) is 4.90 Å². The maximum atomic E-state index is 9.15. The molecular formula is C20H28N6O. The Morgan fingerprint density at radius 1 is 1.07 bits per heavy atom. The molecule has 0 aromatic carbocycles. The van der Waals surface area contributed by atoms with Crippen molar-refractivity contribution in [2.24, 2.45) is 0 Å². The molecule has 144 valence electrons. The molecule has 1 N–H and O–H groups in total. The van der Waals surface area contributed by atoms with Crippen molar-refractivity contribution < 1.29 is 4.42 Å². The summed E-state index contributed by atoms with van der Waals surface area (Å²) < 4.78 is 5.95. The van der Waals surface area contributed by atoms with Crippen LogP contribution >= 0.6 is 0 Å². The van der Waals surface area contributed by atoms with Crippen molar-refractivity contribution in [2.45, 2.75) is 32.4 Å². The summed E-state index contributed by atoms with van der Waals surface area (Å²) in [6.45, 7) is 7.12. The average Bonchev–Trinajstić information content (AvgIpc) is 3.28. The van der Waals surface area contributed by atoms with E-state index in [0.717, 1.165) is 50.1 Å². The summed E-state index contributed by atoms with van der Waals surface area (Å²) in [6.07, 6.45) is 3.92. The molecule has 0 aliphatic carbocycles. The lowest BCUT2D eigenvalue weighted by molar-refractivity contribution is 0.203. The molecule has 0 saturated carbocycles. The van der Waals surface area contributed by atoms with Gasteiger partial charge in [0.15, 0.2) is 5.57 Å². The molecule has 0 amide bonds. The predicted octanol–water partition coefficient (Wildman–Crippen LogP) is 1.86. The zero-order valence-corrected chi connectivity index (χ0v) is 16.1. The van der Waals surface area contributed by atoms with Crippen LogP contribution in [0.25, 0.3) is 0 Å². The molecule has 0 unspecified atom stereocenters. The normalized spacial score (nSPS) is 17.8. The first kappa shape index (κ1) is 19.3. The van der Waals surface area contributed by atoms with Gasteiger partial charge >= 0.3 is 0 Å². The number of allylic oxidation sites excluding steroid dienone is 1. The van der Waals surface area contributed by atoms with Gasteiger partial charge in [0.05, 0.1) is 13.1 Å². The largest absolute Gasteiger partial charge is 0.463 e. The molecule has 1 aromatic rings. The second-order valence-corrected chi connectivity index (χ2v) is 7.21.